The molecule has 1 N–H and O–H groups in total. The molecule has 0 fully saturated rings. The van der Waals surface area contributed by atoms with Crippen molar-refractivity contribution in [3.05, 3.63) is 28.2 Å². The van der Waals surface area contributed by atoms with E-state index in [4.69, 9.17) is 5.11 Å². The lowest BCUT2D eigenvalue weighted by Crippen LogP contribution is -2.07. The lowest BCUT2D eigenvalue weighted by atomic mass is 10.2. The summed E-state index contributed by atoms with van der Waals surface area (Å²) in [7, 11) is -1.61. The highest BCUT2D eigenvalue weighted by molar-refractivity contribution is 9.10. The predicted octanol–water partition coefficient (Wildman–Crippen LogP) is 2.22. The third-order valence-corrected chi connectivity index (χ3v) is 3.53. The molecule has 82 valence electrons. The SMILES string of the molecule is O=C(O)c1ccc(Br)cc1S(=O)CCF. The van der Waals surface area contributed by atoms with Crippen LogP contribution in [0.2, 0.25) is 0 Å². The fourth-order valence-electron chi connectivity index (χ4n) is 1.04. The van der Waals surface area contributed by atoms with Crippen molar-refractivity contribution in [1.29, 1.82) is 0 Å². The molecule has 0 aliphatic heterocycles. The van der Waals surface area contributed by atoms with Crippen LogP contribution in [0.3, 0.4) is 0 Å². The van der Waals surface area contributed by atoms with Crippen molar-refractivity contribution in [2.45, 2.75) is 4.90 Å². The van der Waals surface area contributed by atoms with Gasteiger partial charge in [0.15, 0.2) is 0 Å². The van der Waals surface area contributed by atoms with Crippen LogP contribution in [-0.2, 0) is 10.8 Å². The normalized spacial score (nSPS) is 12.4. The molecular weight excluding hydrogens is 287 g/mol. The summed E-state index contributed by atoms with van der Waals surface area (Å²) in [6.45, 7) is -0.738. The fraction of sp³-hybridized carbons (Fsp3) is 0.222. The van der Waals surface area contributed by atoms with Gasteiger partial charge in [-0.05, 0) is 18.2 Å². The predicted molar refractivity (Wildman–Crippen MR) is 58.4 cm³/mol. The molecular formula is C9H8BrFO3S. The Morgan fingerprint density at radius 1 is 1.53 bits per heavy atom. The number of benzene rings is 1. The summed E-state index contributed by atoms with van der Waals surface area (Å²) >= 11 is 3.14. The summed E-state index contributed by atoms with van der Waals surface area (Å²) in [6.07, 6.45) is 0. The zero-order valence-corrected chi connectivity index (χ0v) is 9.98. The van der Waals surface area contributed by atoms with Crippen LogP contribution in [0.15, 0.2) is 27.6 Å². The molecule has 0 aliphatic rings. The van der Waals surface area contributed by atoms with Gasteiger partial charge in [-0.2, -0.15) is 0 Å². The minimum absolute atomic E-state index is 0.0509. The Kier molecular flexibility index (Phi) is 4.41. The zero-order valence-electron chi connectivity index (χ0n) is 7.57. The van der Waals surface area contributed by atoms with Gasteiger partial charge in [0.05, 0.1) is 27.0 Å². The lowest BCUT2D eigenvalue weighted by Gasteiger charge is -2.05. The van der Waals surface area contributed by atoms with Gasteiger partial charge in [0.1, 0.15) is 6.67 Å². The molecule has 0 amide bonds. The molecule has 0 bridgehead atoms. The Morgan fingerprint density at radius 3 is 2.73 bits per heavy atom. The van der Waals surface area contributed by atoms with E-state index in [0.717, 1.165) is 0 Å². The molecule has 0 aromatic heterocycles. The van der Waals surface area contributed by atoms with Gasteiger partial charge in [-0.25, -0.2) is 4.79 Å². The maximum Gasteiger partial charge on any atom is 0.336 e. The van der Waals surface area contributed by atoms with Crippen molar-refractivity contribution in [2.24, 2.45) is 0 Å². The highest BCUT2D eigenvalue weighted by Gasteiger charge is 2.15. The number of hydrogen-bond acceptors (Lipinski definition) is 2. The van der Waals surface area contributed by atoms with Gasteiger partial charge in [0.2, 0.25) is 0 Å². The molecule has 1 aromatic carbocycles. The topological polar surface area (TPSA) is 54.4 Å². The Labute approximate surface area is 96.9 Å². The number of aromatic carboxylic acids is 1. The molecule has 0 spiro atoms. The smallest absolute Gasteiger partial charge is 0.336 e. The van der Waals surface area contributed by atoms with Crippen LogP contribution < -0.4 is 0 Å². The van der Waals surface area contributed by atoms with Crippen LogP contribution in [0, 0.1) is 0 Å². The number of halogens is 2. The molecule has 1 rings (SSSR count). The van der Waals surface area contributed by atoms with E-state index in [0.29, 0.717) is 4.47 Å². The molecule has 0 radical (unpaired) electrons. The van der Waals surface area contributed by atoms with Crippen molar-refractivity contribution in [1.82, 2.24) is 0 Å². The van der Waals surface area contributed by atoms with E-state index in [2.05, 4.69) is 15.9 Å². The minimum atomic E-state index is -1.61. The van der Waals surface area contributed by atoms with E-state index in [1.54, 1.807) is 6.07 Å². The number of alkyl halides is 1. The quantitative estimate of drug-likeness (QED) is 0.926. The maximum absolute atomic E-state index is 12.0. The number of carboxylic acids is 1. The van der Waals surface area contributed by atoms with E-state index < -0.39 is 23.4 Å². The van der Waals surface area contributed by atoms with Crippen LogP contribution in [0.25, 0.3) is 0 Å². The van der Waals surface area contributed by atoms with E-state index in [-0.39, 0.29) is 16.2 Å². The first-order chi connectivity index (χ1) is 7.06. The van der Waals surface area contributed by atoms with Gasteiger partial charge in [-0.15, -0.1) is 0 Å². The standard InChI is InChI=1S/C9H8BrFO3S/c10-6-1-2-7(9(12)13)8(5-6)15(14)4-3-11/h1-2,5H,3-4H2,(H,12,13). The van der Waals surface area contributed by atoms with Crippen molar-refractivity contribution in [2.75, 3.05) is 12.4 Å². The van der Waals surface area contributed by atoms with Crippen molar-refractivity contribution in [3.8, 4) is 0 Å². The molecule has 0 saturated carbocycles. The van der Waals surface area contributed by atoms with E-state index in [1.807, 2.05) is 0 Å². The monoisotopic (exact) mass is 294 g/mol. The summed E-state index contributed by atoms with van der Waals surface area (Å²) in [5.41, 5.74) is -0.0509. The summed E-state index contributed by atoms with van der Waals surface area (Å²) in [6, 6.07) is 4.33. The third-order valence-electron chi connectivity index (χ3n) is 1.68. The van der Waals surface area contributed by atoms with E-state index >= 15 is 0 Å². The Morgan fingerprint density at radius 2 is 2.20 bits per heavy atom. The Bertz CT molecular complexity index is 408. The first kappa shape index (κ1) is 12.3. The average molecular weight is 295 g/mol. The van der Waals surface area contributed by atoms with Gasteiger partial charge in [-0.3, -0.25) is 8.60 Å². The van der Waals surface area contributed by atoms with Crippen molar-refractivity contribution in [3.63, 3.8) is 0 Å². The van der Waals surface area contributed by atoms with Crippen LogP contribution in [0.4, 0.5) is 4.39 Å². The lowest BCUT2D eigenvalue weighted by molar-refractivity contribution is 0.0693. The molecule has 6 heteroatoms. The minimum Gasteiger partial charge on any atom is -0.478 e. The first-order valence-electron chi connectivity index (χ1n) is 4.03. The Balaban J connectivity index is 3.18. The highest BCUT2D eigenvalue weighted by Crippen LogP contribution is 2.20. The van der Waals surface area contributed by atoms with E-state index in [1.165, 1.54) is 12.1 Å². The van der Waals surface area contributed by atoms with E-state index in [9.17, 15) is 13.4 Å². The number of rotatable bonds is 4. The molecule has 0 aliphatic carbocycles. The summed E-state index contributed by atoms with van der Waals surface area (Å²) in [5.74, 6) is -1.35. The molecule has 3 nitrogen and oxygen atoms in total. The zero-order chi connectivity index (χ0) is 11.4. The van der Waals surface area contributed by atoms with Crippen molar-refractivity contribution < 1.29 is 18.5 Å². The molecule has 15 heavy (non-hydrogen) atoms. The van der Waals surface area contributed by atoms with Crippen LogP contribution in [0.5, 0.6) is 0 Å². The summed E-state index contributed by atoms with van der Waals surface area (Å²) in [4.78, 5) is 10.9. The van der Waals surface area contributed by atoms with Crippen LogP contribution >= 0.6 is 15.9 Å². The van der Waals surface area contributed by atoms with Crippen LogP contribution in [-0.4, -0.2) is 27.7 Å². The molecule has 1 atom stereocenters. The maximum atomic E-state index is 12.0. The van der Waals surface area contributed by atoms with Gasteiger partial charge < -0.3 is 5.11 Å². The molecule has 1 aromatic rings. The average Bonchev–Trinajstić information content (AvgIpc) is 2.17. The van der Waals surface area contributed by atoms with Gasteiger partial charge in [-0.1, -0.05) is 15.9 Å². The van der Waals surface area contributed by atoms with Gasteiger partial charge >= 0.3 is 5.97 Å². The second kappa shape index (κ2) is 5.37. The molecule has 1 unspecified atom stereocenters. The largest absolute Gasteiger partial charge is 0.478 e. The number of hydrogen-bond donors (Lipinski definition) is 1. The van der Waals surface area contributed by atoms with Crippen LogP contribution in [0.1, 0.15) is 10.4 Å². The second-order valence-corrected chi connectivity index (χ2v) is 5.14. The molecule has 0 heterocycles. The van der Waals surface area contributed by atoms with Crippen molar-refractivity contribution >= 4 is 32.7 Å². The number of carbonyl (C=O) groups is 1. The second-order valence-electron chi connectivity index (χ2n) is 2.68. The molecule has 0 saturated heterocycles. The number of carboxylic acid groups (broad SMARTS) is 1. The highest BCUT2D eigenvalue weighted by atomic mass is 79.9. The summed E-state index contributed by atoms with van der Waals surface area (Å²) < 4.78 is 24.1. The third kappa shape index (κ3) is 3.10. The fourth-order valence-corrected chi connectivity index (χ4v) is 2.57. The first-order valence-corrected chi connectivity index (χ1v) is 6.14. The summed E-state index contributed by atoms with van der Waals surface area (Å²) in [5, 5.41) is 8.83. The van der Waals surface area contributed by atoms with Gasteiger partial charge in [0.25, 0.3) is 0 Å². The van der Waals surface area contributed by atoms with Gasteiger partial charge in [0, 0.05) is 4.47 Å². The Hall–Kier alpha value is -0.750.